The lowest BCUT2D eigenvalue weighted by atomic mass is 10.1. The van der Waals surface area contributed by atoms with E-state index in [2.05, 4.69) is 10.6 Å². The third-order valence-electron chi connectivity index (χ3n) is 5.27. The Kier molecular flexibility index (Phi) is 5.21. The Morgan fingerprint density at radius 3 is 2.28 bits per heavy atom. The van der Waals surface area contributed by atoms with Crippen molar-refractivity contribution in [3.05, 3.63) is 66.2 Å². The molecule has 3 aromatic rings. The van der Waals surface area contributed by atoms with Gasteiger partial charge in [0.05, 0.1) is 21.8 Å². The van der Waals surface area contributed by atoms with Gasteiger partial charge in [-0.15, -0.1) is 0 Å². The minimum absolute atomic E-state index is 0.190. The van der Waals surface area contributed by atoms with Crippen molar-refractivity contribution in [3.63, 3.8) is 0 Å². The summed E-state index contributed by atoms with van der Waals surface area (Å²) in [7, 11) is -3.89. The number of hydrogen-bond acceptors (Lipinski definition) is 4. The first kappa shape index (κ1) is 21.8. The molecule has 4 rings (SSSR count). The van der Waals surface area contributed by atoms with Crippen LogP contribution in [0.4, 0.5) is 11.4 Å². The van der Waals surface area contributed by atoms with Gasteiger partial charge in [-0.2, -0.15) is 0 Å². The van der Waals surface area contributed by atoms with E-state index in [4.69, 9.17) is 0 Å². The molecule has 0 aliphatic carbocycles. The highest BCUT2D eigenvalue weighted by Crippen LogP contribution is 2.43. The molecule has 8 heteroatoms. The molecule has 1 aliphatic rings. The van der Waals surface area contributed by atoms with Gasteiger partial charge >= 0.3 is 0 Å². The highest BCUT2D eigenvalue weighted by molar-refractivity contribution is 7.93. The highest BCUT2D eigenvalue weighted by Gasteiger charge is 2.41. The smallest absolute Gasteiger partial charge is 0.265 e. The molecule has 0 aromatic heterocycles. The van der Waals surface area contributed by atoms with E-state index in [1.807, 2.05) is 32.9 Å². The van der Waals surface area contributed by atoms with Crippen LogP contribution in [0.1, 0.15) is 38.1 Å². The first-order valence-corrected chi connectivity index (χ1v) is 11.7. The number of carbonyl (C=O) groups excluding carboxylic acids is 2. The Labute approximate surface area is 187 Å². The Balaban J connectivity index is 1.66. The summed E-state index contributed by atoms with van der Waals surface area (Å²) >= 11 is 0. The second kappa shape index (κ2) is 7.63. The molecule has 0 fully saturated rings. The third-order valence-corrected chi connectivity index (χ3v) is 7.19. The zero-order chi connectivity index (χ0) is 23.3. The Morgan fingerprint density at radius 1 is 0.938 bits per heavy atom. The van der Waals surface area contributed by atoms with Crippen LogP contribution in [0.5, 0.6) is 0 Å². The van der Waals surface area contributed by atoms with E-state index in [9.17, 15) is 18.0 Å². The molecule has 166 valence electrons. The van der Waals surface area contributed by atoms with Crippen LogP contribution in [0, 0.1) is 0 Å². The molecule has 2 N–H and O–H groups in total. The minimum atomic E-state index is -3.89. The van der Waals surface area contributed by atoms with Gasteiger partial charge in [0.2, 0.25) is 5.91 Å². The second-order valence-electron chi connectivity index (χ2n) is 8.85. The number of rotatable bonds is 4. The fourth-order valence-corrected chi connectivity index (χ4v) is 5.75. The summed E-state index contributed by atoms with van der Waals surface area (Å²) < 4.78 is 27.7. The summed E-state index contributed by atoms with van der Waals surface area (Å²) in [5, 5.41) is 7.02. The molecule has 0 spiro atoms. The number of nitrogens with zero attached hydrogens (tertiary/aromatic N) is 1. The van der Waals surface area contributed by atoms with E-state index >= 15 is 0 Å². The predicted molar refractivity (Wildman–Crippen MR) is 125 cm³/mol. The molecule has 32 heavy (non-hydrogen) atoms. The lowest BCUT2D eigenvalue weighted by Gasteiger charge is -2.26. The molecule has 1 atom stereocenters. The van der Waals surface area contributed by atoms with E-state index in [0.717, 1.165) is 9.69 Å². The molecule has 0 radical (unpaired) electrons. The highest BCUT2D eigenvalue weighted by atomic mass is 32.2. The number of nitrogens with one attached hydrogen (secondary N) is 2. The van der Waals surface area contributed by atoms with Crippen molar-refractivity contribution in [3.8, 4) is 0 Å². The van der Waals surface area contributed by atoms with Crippen molar-refractivity contribution in [2.24, 2.45) is 0 Å². The largest absolute Gasteiger partial charge is 0.347 e. The van der Waals surface area contributed by atoms with Crippen LogP contribution in [-0.4, -0.2) is 31.8 Å². The van der Waals surface area contributed by atoms with Gasteiger partial charge in [0.15, 0.2) is 0 Å². The topological polar surface area (TPSA) is 95.6 Å². The first-order valence-electron chi connectivity index (χ1n) is 10.3. The molecule has 1 heterocycles. The Morgan fingerprint density at radius 2 is 1.59 bits per heavy atom. The van der Waals surface area contributed by atoms with Crippen LogP contribution in [-0.2, 0) is 14.8 Å². The number of sulfonamides is 1. The average Bonchev–Trinajstić information content (AvgIpc) is 2.95. The molecule has 2 amide bonds. The summed E-state index contributed by atoms with van der Waals surface area (Å²) in [6.07, 6.45) is 0. The lowest BCUT2D eigenvalue weighted by molar-refractivity contribution is -0.116. The SMILES string of the molecule is C[C@H](C(=O)Nc1ccccc1C(=O)NC(C)(C)C)N1c2cccc3cccc(c23)S1(=O)=O. The van der Waals surface area contributed by atoms with Crippen LogP contribution in [0.3, 0.4) is 0 Å². The molecule has 7 nitrogen and oxygen atoms in total. The normalized spacial score (nSPS) is 15.4. The van der Waals surface area contributed by atoms with Crippen molar-refractivity contribution in [1.82, 2.24) is 5.32 Å². The number of para-hydroxylation sites is 1. The second-order valence-corrected chi connectivity index (χ2v) is 10.6. The van der Waals surface area contributed by atoms with E-state index in [0.29, 0.717) is 22.3 Å². The molecule has 1 aliphatic heterocycles. The number of carbonyl (C=O) groups is 2. The molecule has 0 bridgehead atoms. The van der Waals surface area contributed by atoms with Crippen LogP contribution in [0.2, 0.25) is 0 Å². The standard InChI is InChI=1S/C24H25N3O4S/c1-15(22(28)25-18-12-6-5-11-17(18)23(29)26-24(2,3)4)27-19-13-7-9-16-10-8-14-20(21(16)19)32(27,30)31/h5-15H,1-4H3,(H,25,28)(H,26,29)/t15-/m1/s1. The summed E-state index contributed by atoms with van der Waals surface area (Å²) in [4.78, 5) is 26.1. The van der Waals surface area contributed by atoms with Gasteiger partial charge in [0.1, 0.15) is 6.04 Å². The van der Waals surface area contributed by atoms with Gasteiger partial charge in [-0.1, -0.05) is 36.4 Å². The summed E-state index contributed by atoms with van der Waals surface area (Å²) in [6, 6.07) is 16.0. The van der Waals surface area contributed by atoms with Crippen LogP contribution >= 0.6 is 0 Å². The maximum Gasteiger partial charge on any atom is 0.265 e. The average molecular weight is 452 g/mol. The number of amides is 2. The Bertz CT molecular complexity index is 1340. The summed E-state index contributed by atoms with van der Waals surface area (Å²) in [5.74, 6) is -0.860. The van der Waals surface area contributed by atoms with Gasteiger partial charge in [-0.25, -0.2) is 8.42 Å². The van der Waals surface area contributed by atoms with Gasteiger partial charge in [0, 0.05) is 10.9 Å². The molecule has 3 aromatic carbocycles. The molecule has 0 saturated heterocycles. The first-order chi connectivity index (χ1) is 15.0. The predicted octanol–water partition coefficient (Wildman–Crippen LogP) is 3.90. The fraction of sp³-hybridized carbons (Fsp3) is 0.250. The zero-order valence-corrected chi connectivity index (χ0v) is 19.2. The van der Waals surface area contributed by atoms with Gasteiger partial charge in [0.25, 0.3) is 15.9 Å². The lowest BCUT2D eigenvalue weighted by Crippen LogP contribution is -2.44. The van der Waals surface area contributed by atoms with Crippen molar-refractivity contribution in [1.29, 1.82) is 0 Å². The number of benzene rings is 3. The van der Waals surface area contributed by atoms with E-state index < -0.39 is 27.5 Å². The zero-order valence-electron chi connectivity index (χ0n) is 18.3. The van der Waals surface area contributed by atoms with Gasteiger partial charge < -0.3 is 10.6 Å². The van der Waals surface area contributed by atoms with E-state index in [1.54, 1.807) is 48.5 Å². The third kappa shape index (κ3) is 3.71. The summed E-state index contributed by atoms with van der Waals surface area (Å²) in [6.45, 7) is 7.13. The maximum atomic E-state index is 13.3. The van der Waals surface area contributed by atoms with Crippen molar-refractivity contribution in [2.45, 2.75) is 44.2 Å². The fourth-order valence-electron chi connectivity index (χ4n) is 3.88. The van der Waals surface area contributed by atoms with Crippen molar-refractivity contribution >= 4 is 44.0 Å². The van der Waals surface area contributed by atoms with Crippen LogP contribution in [0.25, 0.3) is 10.8 Å². The molecule has 0 unspecified atom stereocenters. The number of anilines is 2. The number of hydrogen-bond donors (Lipinski definition) is 2. The van der Waals surface area contributed by atoms with Crippen LogP contribution < -0.4 is 14.9 Å². The molecule has 0 saturated carbocycles. The van der Waals surface area contributed by atoms with E-state index in [-0.39, 0.29) is 10.8 Å². The molecular weight excluding hydrogens is 426 g/mol. The van der Waals surface area contributed by atoms with Crippen molar-refractivity contribution in [2.75, 3.05) is 9.62 Å². The van der Waals surface area contributed by atoms with Gasteiger partial charge in [-0.3, -0.25) is 13.9 Å². The maximum absolute atomic E-state index is 13.3. The monoisotopic (exact) mass is 451 g/mol. The quantitative estimate of drug-likeness (QED) is 0.629. The minimum Gasteiger partial charge on any atom is -0.347 e. The Hall–Kier alpha value is -3.39. The van der Waals surface area contributed by atoms with Crippen LogP contribution in [0.15, 0.2) is 65.6 Å². The molecular formula is C24H25N3O4S. The van der Waals surface area contributed by atoms with E-state index in [1.165, 1.54) is 6.92 Å². The van der Waals surface area contributed by atoms with Crippen molar-refractivity contribution < 1.29 is 18.0 Å². The summed E-state index contributed by atoms with van der Waals surface area (Å²) in [5.41, 5.74) is 0.644. The van der Waals surface area contributed by atoms with Gasteiger partial charge in [-0.05, 0) is 57.3 Å².